The molecule has 10 heteroatoms. The minimum absolute atomic E-state index is 0.0467. The fourth-order valence-corrected chi connectivity index (χ4v) is 5.26. The molecule has 3 heterocycles. The quantitative estimate of drug-likeness (QED) is 0.409. The number of fused-ring (bicyclic) bond motifs is 1. The first-order chi connectivity index (χ1) is 17.6. The van der Waals surface area contributed by atoms with Crippen molar-refractivity contribution in [2.45, 2.75) is 52.4 Å². The van der Waals surface area contributed by atoms with Crippen molar-refractivity contribution in [2.75, 3.05) is 32.0 Å². The van der Waals surface area contributed by atoms with Crippen molar-refractivity contribution >= 4 is 22.5 Å². The molecule has 0 unspecified atom stereocenters. The maximum Gasteiger partial charge on any atom is 0.390 e. The van der Waals surface area contributed by atoms with Gasteiger partial charge in [-0.15, -0.1) is 0 Å². The van der Waals surface area contributed by atoms with Crippen LogP contribution in [0.1, 0.15) is 46.6 Å². The summed E-state index contributed by atoms with van der Waals surface area (Å²) in [6.45, 7) is 5.84. The Balaban J connectivity index is 1.49. The third-order valence-electron chi connectivity index (χ3n) is 7.28. The monoisotopic (exact) mass is 517 g/mol. The molecule has 1 aliphatic heterocycles. The molecule has 1 fully saturated rings. The molecule has 2 aromatic heterocycles. The predicted octanol–water partition coefficient (Wildman–Crippen LogP) is 4.58. The van der Waals surface area contributed by atoms with Gasteiger partial charge in [0.1, 0.15) is 0 Å². The van der Waals surface area contributed by atoms with Crippen molar-refractivity contribution in [2.24, 2.45) is 5.92 Å². The highest BCUT2D eigenvalue weighted by molar-refractivity contribution is 6.08. The number of aromatic amines is 1. The van der Waals surface area contributed by atoms with Crippen LogP contribution in [0, 0.1) is 19.8 Å². The fourth-order valence-electron chi connectivity index (χ4n) is 5.26. The number of alkyl halides is 3. The number of hydrogen-bond acceptors (Lipinski definition) is 4. The van der Waals surface area contributed by atoms with E-state index in [9.17, 15) is 22.8 Å². The van der Waals surface area contributed by atoms with Crippen LogP contribution in [-0.4, -0.2) is 53.2 Å². The summed E-state index contributed by atoms with van der Waals surface area (Å²) < 4.78 is 39.9. The van der Waals surface area contributed by atoms with E-state index >= 15 is 0 Å². The summed E-state index contributed by atoms with van der Waals surface area (Å²) in [6, 6.07) is 9.57. The van der Waals surface area contributed by atoms with Gasteiger partial charge >= 0.3 is 6.18 Å². The number of piperidine rings is 1. The Morgan fingerprint density at radius 1 is 1.16 bits per heavy atom. The van der Waals surface area contributed by atoms with Gasteiger partial charge in [-0.2, -0.15) is 13.2 Å². The molecule has 3 aromatic rings. The van der Waals surface area contributed by atoms with Gasteiger partial charge in [0.15, 0.2) is 0 Å². The van der Waals surface area contributed by atoms with Gasteiger partial charge in [0.05, 0.1) is 24.1 Å². The zero-order valence-corrected chi connectivity index (χ0v) is 21.5. The molecule has 1 aliphatic rings. The molecule has 0 radical (unpaired) electrons. The molecule has 1 saturated heterocycles. The van der Waals surface area contributed by atoms with E-state index in [2.05, 4.69) is 20.2 Å². The summed E-state index contributed by atoms with van der Waals surface area (Å²) in [5, 5.41) is 6.78. The Morgan fingerprint density at radius 3 is 2.54 bits per heavy atom. The van der Waals surface area contributed by atoms with Crippen LogP contribution in [0.2, 0.25) is 0 Å². The second-order valence-corrected chi connectivity index (χ2v) is 9.84. The van der Waals surface area contributed by atoms with Crippen LogP contribution in [0.4, 0.5) is 18.9 Å². The lowest BCUT2D eigenvalue weighted by Crippen LogP contribution is -2.37. The molecule has 1 aromatic carbocycles. The molecule has 0 aliphatic carbocycles. The number of benzene rings is 1. The molecule has 4 rings (SSSR count). The first-order valence-electron chi connectivity index (χ1n) is 12.6. The minimum atomic E-state index is -4.13. The number of carbonyl (C=O) groups excluding carboxylic acids is 1. The minimum Gasteiger partial charge on any atom is -0.388 e. The lowest BCUT2D eigenvalue weighted by atomic mass is 9.96. The molecule has 0 spiro atoms. The maximum atomic E-state index is 13.4. The third-order valence-corrected chi connectivity index (χ3v) is 7.28. The number of aromatic nitrogens is 2. The number of para-hydroxylation sites is 1. The van der Waals surface area contributed by atoms with Crippen LogP contribution in [-0.2, 0) is 13.1 Å². The standard InChI is InChI=1S/C27H34F3N5O2/c1-17-14-22(31-3)21(25(36)33-17)15-32-26(37)24-18(2)35(23-7-5-4-6-20(23)24)16-19-8-11-34(12-9-19)13-10-27(28,29)30/h4-7,14,19H,8-13,15-16H2,1-3H3,(H,32,37)(H2,31,33,36). The van der Waals surface area contributed by atoms with Crippen molar-refractivity contribution in [1.29, 1.82) is 0 Å². The summed E-state index contributed by atoms with van der Waals surface area (Å²) in [7, 11) is 1.73. The second-order valence-electron chi connectivity index (χ2n) is 9.84. The molecule has 200 valence electrons. The van der Waals surface area contributed by atoms with Gasteiger partial charge in [0, 0.05) is 48.1 Å². The SMILES string of the molecule is CNc1cc(C)[nH]c(=O)c1CNC(=O)c1c(C)n(CC2CCN(CCC(F)(F)F)CC2)c2ccccc12. The third kappa shape index (κ3) is 6.18. The largest absolute Gasteiger partial charge is 0.390 e. The summed E-state index contributed by atoms with van der Waals surface area (Å²) in [4.78, 5) is 30.5. The topological polar surface area (TPSA) is 82.2 Å². The summed E-state index contributed by atoms with van der Waals surface area (Å²) in [5.74, 6) is 0.0632. The first kappa shape index (κ1) is 26.8. The molecular weight excluding hydrogens is 483 g/mol. The van der Waals surface area contributed by atoms with E-state index in [0.29, 0.717) is 42.4 Å². The van der Waals surface area contributed by atoms with E-state index in [-0.39, 0.29) is 24.6 Å². The number of H-pyrrole nitrogens is 1. The van der Waals surface area contributed by atoms with E-state index in [4.69, 9.17) is 0 Å². The van der Waals surface area contributed by atoms with E-state index in [1.807, 2.05) is 42.2 Å². The highest BCUT2D eigenvalue weighted by Gasteiger charge is 2.29. The predicted molar refractivity (Wildman–Crippen MR) is 139 cm³/mol. The number of rotatable bonds is 8. The van der Waals surface area contributed by atoms with Gasteiger partial charge in [0.2, 0.25) is 0 Å². The van der Waals surface area contributed by atoms with E-state index < -0.39 is 12.6 Å². The molecule has 3 N–H and O–H groups in total. The number of carbonyl (C=O) groups is 1. The maximum absolute atomic E-state index is 13.4. The van der Waals surface area contributed by atoms with Crippen molar-refractivity contribution in [1.82, 2.24) is 19.8 Å². The van der Waals surface area contributed by atoms with Crippen molar-refractivity contribution in [3.63, 3.8) is 0 Å². The molecule has 0 atom stereocenters. The van der Waals surface area contributed by atoms with Gasteiger partial charge in [-0.05, 0) is 57.8 Å². The Kier molecular flexibility index (Phi) is 7.96. The highest BCUT2D eigenvalue weighted by atomic mass is 19.4. The van der Waals surface area contributed by atoms with Gasteiger partial charge < -0.3 is 25.1 Å². The van der Waals surface area contributed by atoms with E-state index in [0.717, 1.165) is 35.1 Å². The normalized spacial score (nSPS) is 15.3. The Hall–Kier alpha value is -3.27. The van der Waals surface area contributed by atoms with Gasteiger partial charge in [0.25, 0.3) is 11.5 Å². The number of amides is 1. The van der Waals surface area contributed by atoms with Crippen LogP contribution in [0.25, 0.3) is 10.9 Å². The number of likely N-dealkylation sites (tertiary alicyclic amines) is 1. The molecule has 0 bridgehead atoms. The van der Waals surface area contributed by atoms with Crippen LogP contribution >= 0.6 is 0 Å². The van der Waals surface area contributed by atoms with Crippen molar-refractivity contribution in [3.8, 4) is 0 Å². The average Bonchev–Trinajstić information content (AvgIpc) is 3.13. The van der Waals surface area contributed by atoms with Gasteiger partial charge in [-0.25, -0.2) is 0 Å². The Labute approximate surface area is 214 Å². The first-order valence-corrected chi connectivity index (χ1v) is 12.6. The summed E-state index contributed by atoms with van der Waals surface area (Å²) >= 11 is 0. The van der Waals surface area contributed by atoms with Gasteiger partial charge in [-0.3, -0.25) is 9.59 Å². The lowest BCUT2D eigenvalue weighted by molar-refractivity contribution is -0.138. The number of halogens is 3. The summed E-state index contributed by atoms with van der Waals surface area (Å²) in [6.07, 6.45) is -3.28. The van der Waals surface area contributed by atoms with E-state index in [1.165, 1.54) is 0 Å². The zero-order valence-electron chi connectivity index (χ0n) is 21.5. The lowest BCUT2D eigenvalue weighted by Gasteiger charge is -2.32. The number of pyridine rings is 1. The zero-order chi connectivity index (χ0) is 26.7. The van der Waals surface area contributed by atoms with Crippen molar-refractivity contribution < 1.29 is 18.0 Å². The Morgan fingerprint density at radius 2 is 1.86 bits per heavy atom. The number of nitrogens with one attached hydrogen (secondary N) is 3. The Bertz CT molecular complexity index is 1320. The van der Waals surface area contributed by atoms with E-state index in [1.54, 1.807) is 14.0 Å². The number of nitrogens with zero attached hydrogens (tertiary/aromatic N) is 2. The second kappa shape index (κ2) is 11.0. The van der Waals surface area contributed by atoms with Crippen LogP contribution in [0.3, 0.4) is 0 Å². The van der Waals surface area contributed by atoms with Crippen molar-refractivity contribution in [3.05, 3.63) is 63.2 Å². The highest BCUT2D eigenvalue weighted by Crippen LogP contribution is 2.30. The number of aryl methyl sites for hydroxylation is 1. The number of anilines is 1. The molecule has 0 saturated carbocycles. The van der Waals surface area contributed by atoms with Crippen LogP contribution in [0.5, 0.6) is 0 Å². The molecule has 1 amide bonds. The smallest absolute Gasteiger partial charge is 0.388 e. The fraction of sp³-hybridized carbons (Fsp3) is 0.481. The van der Waals surface area contributed by atoms with Crippen LogP contribution < -0.4 is 16.2 Å². The molecule has 7 nitrogen and oxygen atoms in total. The molecular formula is C27H34F3N5O2. The average molecular weight is 518 g/mol. The molecule has 37 heavy (non-hydrogen) atoms. The van der Waals surface area contributed by atoms with Crippen LogP contribution in [0.15, 0.2) is 35.1 Å². The van der Waals surface area contributed by atoms with Gasteiger partial charge in [-0.1, -0.05) is 18.2 Å². The summed E-state index contributed by atoms with van der Waals surface area (Å²) in [5.41, 5.74) is 3.98. The number of hydrogen-bond donors (Lipinski definition) is 3.